The van der Waals surface area contributed by atoms with E-state index in [-0.39, 0.29) is 35.3 Å². The van der Waals surface area contributed by atoms with Crippen LogP contribution in [0.15, 0.2) is 47.6 Å². The lowest BCUT2D eigenvalue weighted by Gasteiger charge is -2.20. The Morgan fingerprint density at radius 1 is 1.21 bits per heavy atom. The van der Waals surface area contributed by atoms with Crippen LogP contribution in [0.25, 0.3) is 0 Å². The van der Waals surface area contributed by atoms with Crippen molar-refractivity contribution in [2.75, 3.05) is 0 Å². The summed E-state index contributed by atoms with van der Waals surface area (Å²) in [5.41, 5.74) is 6.41. The van der Waals surface area contributed by atoms with Crippen LogP contribution in [-0.4, -0.2) is 16.5 Å². The molecule has 130 valence electrons. The summed E-state index contributed by atoms with van der Waals surface area (Å²) in [6.07, 6.45) is 1.64. The van der Waals surface area contributed by atoms with Crippen LogP contribution in [0.2, 0.25) is 0 Å². The maximum Gasteiger partial charge on any atom is 0.189 e. The van der Waals surface area contributed by atoms with Crippen molar-refractivity contribution >= 4 is 29.9 Å². The zero-order valence-corrected chi connectivity index (χ0v) is 16.2. The van der Waals surface area contributed by atoms with Crippen molar-refractivity contribution in [1.82, 2.24) is 10.3 Å². The van der Waals surface area contributed by atoms with E-state index in [9.17, 15) is 4.39 Å². The van der Waals surface area contributed by atoms with Crippen molar-refractivity contribution in [2.24, 2.45) is 10.7 Å². The third-order valence-corrected chi connectivity index (χ3v) is 2.75. The average Bonchev–Trinajstić information content (AvgIpc) is 2.46. The van der Waals surface area contributed by atoms with E-state index in [4.69, 9.17) is 10.5 Å². The van der Waals surface area contributed by atoms with Crippen LogP contribution >= 0.6 is 24.0 Å². The van der Waals surface area contributed by atoms with Crippen LogP contribution in [-0.2, 0) is 6.54 Å². The van der Waals surface area contributed by atoms with Crippen molar-refractivity contribution in [3.05, 3.63) is 54.1 Å². The molecule has 2 rings (SSSR count). The van der Waals surface area contributed by atoms with Gasteiger partial charge in [-0.25, -0.2) is 9.38 Å². The van der Waals surface area contributed by atoms with Crippen molar-refractivity contribution in [3.63, 3.8) is 0 Å². The van der Waals surface area contributed by atoms with Gasteiger partial charge in [-0.05, 0) is 51.1 Å². The number of aliphatic imine (C=N–C) groups is 1. The number of rotatable bonds is 4. The molecular formula is C17H22FIN4O. The molecule has 2 aromatic rings. The summed E-state index contributed by atoms with van der Waals surface area (Å²) >= 11 is 0. The minimum Gasteiger partial charge on any atom is -0.457 e. The molecule has 24 heavy (non-hydrogen) atoms. The van der Waals surface area contributed by atoms with Gasteiger partial charge in [0, 0.05) is 17.8 Å². The van der Waals surface area contributed by atoms with Gasteiger partial charge in [0.05, 0.1) is 12.2 Å². The number of pyridine rings is 1. The van der Waals surface area contributed by atoms with E-state index in [0.717, 1.165) is 5.69 Å². The van der Waals surface area contributed by atoms with Crippen LogP contribution in [0.1, 0.15) is 26.5 Å². The van der Waals surface area contributed by atoms with E-state index < -0.39 is 0 Å². The molecule has 0 aliphatic rings. The zero-order valence-electron chi connectivity index (χ0n) is 13.9. The summed E-state index contributed by atoms with van der Waals surface area (Å²) in [5.74, 6) is 1.23. The number of benzene rings is 1. The first-order chi connectivity index (χ1) is 10.8. The van der Waals surface area contributed by atoms with Crippen LogP contribution in [0.3, 0.4) is 0 Å². The monoisotopic (exact) mass is 444 g/mol. The highest BCUT2D eigenvalue weighted by molar-refractivity contribution is 14.0. The number of nitrogens with zero attached hydrogens (tertiary/aromatic N) is 2. The Morgan fingerprint density at radius 3 is 2.50 bits per heavy atom. The predicted molar refractivity (Wildman–Crippen MR) is 104 cm³/mol. The molecule has 0 radical (unpaired) electrons. The fraction of sp³-hybridized carbons (Fsp3) is 0.294. The van der Waals surface area contributed by atoms with Gasteiger partial charge < -0.3 is 15.8 Å². The van der Waals surface area contributed by atoms with Crippen molar-refractivity contribution < 1.29 is 9.13 Å². The zero-order chi connectivity index (χ0) is 16.9. The average molecular weight is 444 g/mol. The van der Waals surface area contributed by atoms with Crippen molar-refractivity contribution in [1.29, 1.82) is 0 Å². The van der Waals surface area contributed by atoms with Gasteiger partial charge in [0.25, 0.3) is 0 Å². The number of guanidine groups is 1. The summed E-state index contributed by atoms with van der Waals surface area (Å²) in [6.45, 7) is 6.36. The van der Waals surface area contributed by atoms with Crippen molar-refractivity contribution in [2.45, 2.75) is 32.9 Å². The van der Waals surface area contributed by atoms with E-state index in [1.165, 1.54) is 12.1 Å². The standard InChI is InChI=1S/C17H21FN4O.HI/c1-17(2,3)22-16(19)21-11-13-10-15(8-9-20-13)23-14-6-4-12(18)5-7-14;/h4-10H,11H2,1-3H3,(H3,19,21,22);1H. The topological polar surface area (TPSA) is 72.5 Å². The first kappa shape index (κ1) is 20.1. The molecule has 1 aromatic heterocycles. The Labute approximate surface area is 158 Å². The second kappa shape index (κ2) is 8.81. The second-order valence-corrected chi connectivity index (χ2v) is 6.12. The Balaban J connectivity index is 0.00000288. The van der Waals surface area contributed by atoms with E-state index in [1.54, 1.807) is 30.5 Å². The molecule has 0 unspecified atom stereocenters. The quantitative estimate of drug-likeness (QED) is 0.427. The molecule has 1 heterocycles. The third-order valence-electron chi connectivity index (χ3n) is 2.75. The van der Waals surface area contributed by atoms with E-state index in [1.807, 2.05) is 20.8 Å². The Morgan fingerprint density at radius 2 is 1.88 bits per heavy atom. The smallest absolute Gasteiger partial charge is 0.189 e. The summed E-state index contributed by atoms with van der Waals surface area (Å²) in [4.78, 5) is 8.49. The maximum atomic E-state index is 12.9. The molecule has 0 atom stereocenters. The molecular weight excluding hydrogens is 422 g/mol. The first-order valence-electron chi connectivity index (χ1n) is 7.28. The van der Waals surface area contributed by atoms with Gasteiger partial charge in [-0.3, -0.25) is 4.98 Å². The highest BCUT2D eigenvalue weighted by atomic mass is 127. The van der Waals surface area contributed by atoms with E-state index in [2.05, 4.69) is 15.3 Å². The van der Waals surface area contributed by atoms with Crippen molar-refractivity contribution in [3.8, 4) is 11.5 Å². The van der Waals surface area contributed by atoms with Gasteiger partial charge in [0.1, 0.15) is 17.3 Å². The number of nitrogens with two attached hydrogens (primary N) is 1. The molecule has 0 amide bonds. The molecule has 1 aromatic carbocycles. The number of nitrogens with one attached hydrogen (secondary N) is 1. The summed E-state index contributed by atoms with van der Waals surface area (Å²) in [5, 5.41) is 3.08. The number of halogens is 2. The molecule has 0 aliphatic carbocycles. The van der Waals surface area contributed by atoms with Gasteiger partial charge in [-0.1, -0.05) is 0 Å². The third kappa shape index (κ3) is 7.12. The lowest BCUT2D eigenvalue weighted by atomic mass is 10.1. The fourth-order valence-corrected chi connectivity index (χ4v) is 1.83. The minimum absolute atomic E-state index is 0. The van der Waals surface area contributed by atoms with Crippen LogP contribution in [0.4, 0.5) is 4.39 Å². The molecule has 0 aliphatic heterocycles. The Kier molecular flexibility index (Phi) is 7.40. The lowest BCUT2D eigenvalue weighted by molar-refractivity contribution is 0.479. The predicted octanol–water partition coefficient (Wildman–Crippen LogP) is 3.83. The van der Waals surface area contributed by atoms with Gasteiger partial charge in [0.15, 0.2) is 5.96 Å². The molecule has 0 fully saturated rings. The Bertz CT molecular complexity index is 684. The number of hydrogen-bond donors (Lipinski definition) is 2. The summed E-state index contributed by atoms with van der Waals surface area (Å²) in [7, 11) is 0. The summed E-state index contributed by atoms with van der Waals surface area (Å²) in [6, 6.07) is 9.34. The molecule has 3 N–H and O–H groups in total. The van der Waals surface area contributed by atoms with E-state index >= 15 is 0 Å². The second-order valence-electron chi connectivity index (χ2n) is 6.12. The normalized spacial score (nSPS) is 11.6. The highest BCUT2D eigenvalue weighted by Gasteiger charge is 2.09. The minimum atomic E-state index is -0.302. The van der Waals surface area contributed by atoms with Gasteiger partial charge >= 0.3 is 0 Å². The number of aromatic nitrogens is 1. The van der Waals surface area contributed by atoms with Gasteiger partial charge in [-0.15, -0.1) is 24.0 Å². The Hall–Kier alpha value is -1.90. The number of hydrogen-bond acceptors (Lipinski definition) is 3. The molecule has 5 nitrogen and oxygen atoms in total. The number of ether oxygens (including phenoxy) is 1. The molecule has 7 heteroatoms. The first-order valence-corrected chi connectivity index (χ1v) is 7.28. The lowest BCUT2D eigenvalue weighted by Crippen LogP contribution is -2.44. The molecule has 0 saturated heterocycles. The van der Waals surface area contributed by atoms with Crippen LogP contribution < -0.4 is 15.8 Å². The van der Waals surface area contributed by atoms with Gasteiger partial charge in [-0.2, -0.15) is 0 Å². The fourth-order valence-electron chi connectivity index (χ4n) is 1.83. The summed E-state index contributed by atoms with van der Waals surface area (Å²) < 4.78 is 18.5. The van der Waals surface area contributed by atoms with Crippen LogP contribution in [0.5, 0.6) is 11.5 Å². The SMILES string of the molecule is CC(C)(C)NC(N)=NCc1cc(Oc2ccc(F)cc2)ccn1.I. The highest BCUT2D eigenvalue weighted by Crippen LogP contribution is 2.21. The maximum absolute atomic E-state index is 12.9. The molecule has 0 spiro atoms. The van der Waals surface area contributed by atoms with E-state index in [0.29, 0.717) is 24.0 Å². The molecule has 0 saturated carbocycles. The van der Waals surface area contributed by atoms with Gasteiger partial charge in [0.2, 0.25) is 0 Å². The van der Waals surface area contributed by atoms with Crippen LogP contribution in [0, 0.1) is 5.82 Å². The molecule has 0 bridgehead atoms. The largest absolute Gasteiger partial charge is 0.457 e.